The zero-order valence-corrected chi connectivity index (χ0v) is 21.7. The first-order chi connectivity index (χ1) is 18.8. The van der Waals surface area contributed by atoms with Crippen molar-refractivity contribution in [3.05, 3.63) is 117 Å². The summed E-state index contributed by atoms with van der Waals surface area (Å²) in [6.07, 6.45) is 6.67. The second-order valence-corrected chi connectivity index (χ2v) is 8.81. The van der Waals surface area contributed by atoms with Crippen LogP contribution in [0.5, 0.6) is 0 Å². The molecular formula is C28H27N5O6. The molecule has 1 aromatic heterocycles. The zero-order chi connectivity index (χ0) is 27.9. The lowest BCUT2D eigenvalue weighted by Gasteiger charge is -2.30. The summed E-state index contributed by atoms with van der Waals surface area (Å²) in [5, 5.41) is 18.5. The number of nitro groups is 1. The Bertz CT molecular complexity index is 1470. The number of hydrogen-bond acceptors (Lipinski definition) is 9. The second-order valence-electron chi connectivity index (χ2n) is 8.81. The Morgan fingerprint density at radius 3 is 2.46 bits per heavy atom. The fraction of sp³-hybridized carbons (Fsp3) is 0.214. The molecule has 11 nitrogen and oxygen atoms in total. The van der Waals surface area contributed by atoms with Gasteiger partial charge in [0.2, 0.25) is 0 Å². The van der Waals surface area contributed by atoms with Crippen molar-refractivity contribution >= 4 is 23.7 Å². The molecule has 0 fully saturated rings. The molecule has 0 saturated heterocycles. The minimum Gasteiger partial charge on any atom is -0.466 e. The third-order valence-corrected chi connectivity index (χ3v) is 6.21. The van der Waals surface area contributed by atoms with Gasteiger partial charge in [-0.25, -0.2) is 19.3 Å². The number of nitro benzene ring substituents is 1. The van der Waals surface area contributed by atoms with E-state index in [4.69, 9.17) is 9.47 Å². The summed E-state index contributed by atoms with van der Waals surface area (Å²) in [6, 6.07) is 13.7. The van der Waals surface area contributed by atoms with E-state index in [2.05, 4.69) is 15.4 Å². The summed E-state index contributed by atoms with van der Waals surface area (Å²) < 4.78 is 12.2. The molecule has 4 rings (SSSR count). The predicted molar refractivity (Wildman–Crippen MR) is 142 cm³/mol. The van der Waals surface area contributed by atoms with Crippen molar-refractivity contribution in [1.82, 2.24) is 20.1 Å². The van der Waals surface area contributed by atoms with Gasteiger partial charge in [0.1, 0.15) is 19.3 Å². The first kappa shape index (κ1) is 27.0. The molecule has 0 bridgehead atoms. The number of nitrogens with zero attached hydrogens (tertiary/aromatic N) is 4. The zero-order valence-electron chi connectivity index (χ0n) is 21.7. The number of hydrogen-bond donors (Lipinski definition) is 1. The molecule has 0 aliphatic carbocycles. The highest BCUT2D eigenvalue weighted by atomic mass is 16.6. The Hall–Kier alpha value is -5.06. The van der Waals surface area contributed by atoms with Crippen LogP contribution < -0.4 is 5.32 Å². The van der Waals surface area contributed by atoms with Gasteiger partial charge < -0.3 is 14.8 Å². The van der Waals surface area contributed by atoms with Crippen LogP contribution in [-0.4, -0.2) is 45.3 Å². The van der Waals surface area contributed by atoms with E-state index in [9.17, 15) is 19.7 Å². The Morgan fingerprint density at radius 1 is 1.10 bits per heavy atom. The first-order valence-electron chi connectivity index (χ1n) is 12.0. The first-order valence-corrected chi connectivity index (χ1v) is 12.0. The Kier molecular flexibility index (Phi) is 8.30. The van der Waals surface area contributed by atoms with Crippen LogP contribution in [0.4, 0.5) is 5.69 Å². The number of dihydropyridines is 1. The number of aromatic nitrogens is 3. The fourth-order valence-corrected chi connectivity index (χ4v) is 4.42. The van der Waals surface area contributed by atoms with Gasteiger partial charge in [0.05, 0.1) is 35.6 Å². The van der Waals surface area contributed by atoms with Gasteiger partial charge in [-0.1, -0.05) is 42.5 Å². The van der Waals surface area contributed by atoms with Gasteiger partial charge in [-0.2, -0.15) is 5.10 Å². The summed E-state index contributed by atoms with van der Waals surface area (Å²) in [4.78, 5) is 40.8. The standard InChI is InChI=1S/C28H27N5O6/c1-18-24(27(34)38-3)26(22-7-4-8-23(14-22)33(36)37)25(19(2)31-18)28(35)39-13-5-6-20-9-11-21(12-10-20)15-32-17-29-16-30-32/h4-12,14,16-17,26,31H,13,15H2,1-3H3/b6-5+. The number of methoxy groups -OCH3 is 1. The van der Waals surface area contributed by atoms with Crippen molar-refractivity contribution in [3.8, 4) is 0 Å². The number of benzene rings is 2. The maximum atomic E-state index is 13.3. The van der Waals surface area contributed by atoms with Crippen LogP contribution in [0, 0.1) is 10.1 Å². The van der Waals surface area contributed by atoms with Crippen LogP contribution in [0.2, 0.25) is 0 Å². The summed E-state index contributed by atoms with van der Waals surface area (Å²) >= 11 is 0. The normalized spacial score (nSPS) is 15.3. The van der Waals surface area contributed by atoms with E-state index in [0.717, 1.165) is 11.1 Å². The molecule has 11 heteroatoms. The molecule has 200 valence electrons. The minimum atomic E-state index is -0.910. The molecule has 1 unspecified atom stereocenters. The highest BCUT2D eigenvalue weighted by Crippen LogP contribution is 2.40. The van der Waals surface area contributed by atoms with E-state index >= 15 is 0 Å². The SMILES string of the molecule is COC(=O)C1=C(C)NC(C)=C(C(=O)OC/C=C/c2ccc(Cn3cncn3)cc2)C1c1cccc([N+](=O)[O-])c1. The molecule has 1 N–H and O–H groups in total. The lowest BCUT2D eigenvalue weighted by molar-refractivity contribution is -0.384. The van der Waals surface area contributed by atoms with Gasteiger partial charge in [0.25, 0.3) is 5.69 Å². The van der Waals surface area contributed by atoms with Gasteiger partial charge in [-0.05, 0) is 36.6 Å². The number of nitrogens with one attached hydrogen (secondary N) is 1. The molecule has 0 radical (unpaired) electrons. The molecule has 0 amide bonds. The fourth-order valence-electron chi connectivity index (χ4n) is 4.42. The van der Waals surface area contributed by atoms with Crippen molar-refractivity contribution in [3.63, 3.8) is 0 Å². The van der Waals surface area contributed by atoms with Crippen LogP contribution in [0.1, 0.15) is 36.5 Å². The van der Waals surface area contributed by atoms with Crippen molar-refractivity contribution < 1.29 is 24.0 Å². The molecule has 2 aromatic carbocycles. The predicted octanol–water partition coefficient (Wildman–Crippen LogP) is 3.90. The number of ether oxygens (including phenoxy) is 2. The molecule has 39 heavy (non-hydrogen) atoms. The van der Waals surface area contributed by atoms with Crippen LogP contribution >= 0.6 is 0 Å². The van der Waals surface area contributed by atoms with Gasteiger partial charge in [-0.15, -0.1) is 0 Å². The Labute approximate surface area is 224 Å². The molecule has 1 aliphatic heterocycles. The molecule has 2 heterocycles. The van der Waals surface area contributed by atoms with E-state index in [-0.39, 0.29) is 23.4 Å². The van der Waals surface area contributed by atoms with Crippen molar-refractivity contribution in [1.29, 1.82) is 0 Å². The molecule has 0 spiro atoms. The van der Waals surface area contributed by atoms with Gasteiger partial charge in [0, 0.05) is 23.5 Å². The van der Waals surface area contributed by atoms with Gasteiger partial charge in [-0.3, -0.25) is 10.1 Å². The third kappa shape index (κ3) is 6.27. The Balaban J connectivity index is 1.51. The molecule has 1 atom stereocenters. The van der Waals surface area contributed by atoms with Crippen molar-refractivity contribution in [2.45, 2.75) is 26.3 Å². The molecule has 0 saturated carbocycles. The van der Waals surface area contributed by atoms with Crippen molar-refractivity contribution in [2.24, 2.45) is 0 Å². The van der Waals surface area contributed by atoms with E-state index in [1.54, 1.807) is 37.0 Å². The smallest absolute Gasteiger partial charge is 0.337 e. The van der Waals surface area contributed by atoms with Gasteiger partial charge >= 0.3 is 11.9 Å². The number of esters is 2. The van der Waals surface area contributed by atoms with Crippen LogP contribution in [-0.2, 0) is 25.6 Å². The maximum absolute atomic E-state index is 13.3. The van der Waals surface area contributed by atoms with Gasteiger partial charge in [0.15, 0.2) is 0 Å². The molecular weight excluding hydrogens is 502 g/mol. The highest BCUT2D eigenvalue weighted by Gasteiger charge is 2.38. The highest BCUT2D eigenvalue weighted by molar-refractivity contribution is 6.00. The van der Waals surface area contributed by atoms with E-state index in [1.807, 2.05) is 30.3 Å². The van der Waals surface area contributed by atoms with Crippen LogP contribution in [0.25, 0.3) is 6.08 Å². The molecule has 3 aromatic rings. The van der Waals surface area contributed by atoms with Crippen molar-refractivity contribution in [2.75, 3.05) is 13.7 Å². The molecule has 1 aliphatic rings. The van der Waals surface area contributed by atoms with Crippen LogP contribution in [0.15, 0.2) is 89.8 Å². The minimum absolute atomic E-state index is 0.0196. The summed E-state index contributed by atoms with van der Waals surface area (Å²) in [5.74, 6) is -2.22. The number of rotatable bonds is 9. The largest absolute Gasteiger partial charge is 0.466 e. The quantitative estimate of drug-likeness (QED) is 0.248. The lowest BCUT2D eigenvalue weighted by atomic mass is 9.80. The summed E-state index contributed by atoms with van der Waals surface area (Å²) in [7, 11) is 1.24. The van der Waals surface area contributed by atoms with E-state index < -0.39 is 22.8 Å². The topological polar surface area (TPSA) is 138 Å². The summed E-state index contributed by atoms with van der Waals surface area (Å²) in [5.41, 5.74) is 3.54. The number of carbonyl (C=O) groups is 2. The summed E-state index contributed by atoms with van der Waals surface area (Å²) in [6.45, 7) is 3.96. The van der Waals surface area contributed by atoms with Crippen LogP contribution in [0.3, 0.4) is 0 Å². The van der Waals surface area contributed by atoms with E-state index in [0.29, 0.717) is 23.5 Å². The Morgan fingerprint density at radius 2 is 1.82 bits per heavy atom. The monoisotopic (exact) mass is 529 g/mol. The number of carbonyl (C=O) groups excluding carboxylic acids is 2. The van der Waals surface area contributed by atoms with E-state index in [1.165, 1.54) is 31.6 Å². The average molecular weight is 530 g/mol. The maximum Gasteiger partial charge on any atom is 0.337 e. The lowest BCUT2D eigenvalue weighted by Crippen LogP contribution is -2.32. The third-order valence-electron chi connectivity index (χ3n) is 6.21. The average Bonchev–Trinajstić information content (AvgIpc) is 3.44. The number of non-ortho nitro benzene ring substituents is 1. The second kappa shape index (κ2) is 12.0. The number of allylic oxidation sites excluding steroid dienone is 2.